The molecule has 0 amide bonds. The predicted molar refractivity (Wildman–Crippen MR) is 87.7 cm³/mol. The zero-order chi connectivity index (χ0) is 15.6. The van der Waals surface area contributed by atoms with E-state index in [2.05, 4.69) is 26.8 Å². The van der Waals surface area contributed by atoms with E-state index in [0.717, 1.165) is 47.1 Å². The number of hydrogen-bond acceptors (Lipinski definition) is 2. The van der Waals surface area contributed by atoms with Gasteiger partial charge in [-0.1, -0.05) is 13.8 Å². The summed E-state index contributed by atoms with van der Waals surface area (Å²) in [6.07, 6.45) is 4.48. The summed E-state index contributed by atoms with van der Waals surface area (Å²) in [5, 5.41) is 10.8. The van der Waals surface area contributed by atoms with Crippen LogP contribution in [0.5, 0.6) is 5.75 Å². The molecule has 0 spiro atoms. The smallest absolute Gasteiger partial charge is 0.122 e. The van der Waals surface area contributed by atoms with Crippen molar-refractivity contribution in [3.05, 3.63) is 28.8 Å². The highest BCUT2D eigenvalue weighted by Crippen LogP contribution is 2.40. The molecular weight excluding hydrogens is 260 g/mol. The van der Waals surface area contributed by atoms with Crippen molar-refractivity contribution >= 4 is 0 Å². The normalized spacial score (nSPS) is 24.1. The minimum Gasteiger partial charge on any atom is -0.496 e. The lowest BCUT2D eigenvalue weighted by Gasteiger charge is -2.34. The number of hydrogen-bond donors (Lipinski definition) is 1. The van der Waals surface area contributed by atoms with Crippen molar-refractivity contribution in [3.63, 3.8) is 0 Å². The Hall–Kier alpha value is -1.02. The van der Waals surface area contributed by atoms with Gasteiger partial charge in [0.05, 0.1) is 13.2 Å². The SMILES string of the molecule is COc1cc(C)c(C(O)C2CCC(C(C)C)CC2)cc1C. The third-order valence-corrected chi connectivity index (χ3v) is 5.31. The van der Waals surface area contributed by atoms with Gasteiger partial charge in [0.2, 0.25) is 0 Å². The van der Waals surface area contributed by atoms with Gasteiger partial charge in [-0.15, -0.1) is 0 Å². The van der Waals surface area contributed by atoms with E-state index in [9.17, 15) is 5.11 Å². The Balaban J connectivity index is 2.10. The molecule has 1 fully saturated rings. The lowest BCUT2D eigenvalue weighted by molar-refractivity contribution is 0.0663. The molecule has 1 aromatic rings. The summed E-state index contributed by atoms with van der Waals surface area (Å²) in [7, 11) is 1.70. The number of aliphatic hydroxyl groups is 1. The molecule has 1 N–H and O–H groups in total. The van der Waals surface area contributed by atoms with E-state index >= 15 is 0 Å². The summed E-state index contributed by atoms with van der Waals surface area (Å²) in [4.78, 5) is 0. The molecular formula is C19H30O2. The maximum atomic E-state index is 10.8. The van der Waals surface area contributed by atoms with Crippen molar-refractivity contribution in [1.82, 2.24) is 0 Å². The molecule has 0 bridgehead atoms. The first kappa shape index (κ1) is 16.4. The first-order valence-electron chi connectivity index (χ1n) is 8.27. The molecule has 1 atom stereocenters. The van der Waals surface area contributed by atoms with E-state index in [-0.39, 0.29) is 6.10 Å². The first-order chi connectivity index (χ1) is 9.93. The molecule has 1 aromatic carbocycles. The Morgan fingerprint density at radius 2 is 1.57 bits per heavy atom. The van der Waals surface area contributed by atoms with Crippen LogP contribution in [-0.4, -0.2) is 12.2 Å². The van der Waals surface area contributed by atoms with Crippen LogP contribution in [0.2, 0.25) is 0 Å². The van der Waals surface area contributed by atoms with Gasteiger partial charge in [-0.2, -0.15) is 0 Å². The van der Waals surface area contributed by atoms with Gasteiger partial charge in [0.15, 0.2) is 0 Å². The Bertz CT molecular complexity index is 471. The summed E-state index contributed by atoms with van der Waals surface area (Å²) < 4.78 is 5.36. The fourth-order valence-electron chi connectivity index (χ4n) is 3.73. The quantitative estimate of drug-likeness (QED) is 0.862. The molecule has 0 radical (unpaired) electrons. The topological polar surface area (TPSA) is 29.5 Å². The molecule has 21 heavy (non-hydrogen) atoms. The summed E-state index contributed by atoms with van der Waals surface area (Å²) in [6, 6.07) is 4.15. The van der Waals surface area contributed by atoms with E-state index in [1.54, 1.807) is 7.11 Å². The van der Waals surface area contributed by atoms with Gasteiger partial charge >= 0.3 is 0 Å². The molecule has 2 heteroatoms. The van der Waals surface area contributed by atoms with E-state index < -0.39 is 0 Å². The van der Waals surface area contributed by atoms with Crippen LogP contribution in [0, 0.1) is 31.6 Å². The van der Waals surface area contributed by atoms with Crippen molar-refractivity contribution in [2.45, 2.75) is 59.5 Å². The lowest BCUT2D eigenvalue weighted by Crippen LogP contribution is -2.23. The minimum atomic E-state index is -0.331. The van der Waals surface area contributed by atoms with Crippen LogP contribution in [0.3, 0.4) is 0 Å². The molecule has 0 aromatic heterocycles. The molecule has 1 aliphatic rings. The zero-order valence-electron chi connectivity index (χ0n) is 14.1. The van der Waals surface area contributed by atoms with E-state index in [1.165, 1.54) is 12.8 Å². The van der Waals surface area contributed by atoms with Crippen LogP contribution in [0.15, 0.2) is 12.1 Å². The van der Waals surface area contributed by atoms with Crippen molar-refractivity contribution in [2.24, 2.45) is 17.8 Å². The van der Waals surface area contributed by atoms with Crippen molar-refractivity contribution in [2.75, 3.05) is 7.11 Å². The number of ether oxygens (including phenoxy) is 1. The maximum Gasteiger partial charge on any atom is 0.122 e. The third kappa shape index (κ3) is 3.60. The van der Waals surface area contributed by atoms with E-state index in [4.69, 9.17) is 4.74 Å². The predicted octanol–water partition coefficient (Wildman–Crippen LogP) is 4.81. The summed E-state index contributed by atoms with van der Waals surface area (Å²) in [5.74, 6) is 2.93. The average molecular weight is 290 g/mol. The number of benzene rings is 1. The molecule has 0 heterocycles. The van der Waals surface area contributed by atoms with Gasteiger partial charge in [-0.25, -0.2) is 0 Å². The Morgan fingerprint density at radius 1 is 1.00 bits per heavy atom. The van der Waals surface area contributed by atoms with Crippen LogP contribution in [0.25, 0.3) is 0 Å². The molecule has 0 aliphatic heterocycles. The second-order valence-corrected chi connectivity index (χ2v) is 7.04. The fourth-order valence-corrected chi connectivity index (χ4v) is 3.73. The molecule has 2 rings (SSSR count). The number of rotatable bonds is 4. The van der Waals surface area contributed by atoms with Gasteiger partial charge in [0.25, 0.3) is 0 Å². The first-order valence-corrected chi connectivity index (χ1v) is 8.27. The van der Waals surface area contributed by atoms with Crippen molar-refractivity contribution in [3.8, 4) is 5.75 Å². The Morgan fingerprint density at radius 3 is 2.10 bits per heavy atom. The van der Waals surface area contributed by atoms with Gasteiger partial charge in [0.1, 0.15) is 5.75 Å². The van der Waals surface area contributed by atoms with Crippen LogP contribution in [0.1, 0.15) is 62.3 Å². The second-order valence-electron chi connectivity index (χ2n) is 7.04. The highest BCUT2D eigenvalue weighted by molar-refractivity contribution is 5.42. The summed E-state index contributed by atoms with van der Waals surface area (Å²) in [5.41, 5.74) is 3.32. The Kier molecular flexibility index (Phi) is 5.32. The molecule has 1 saturated carbocycles. The monoisotopic (exact) mass is 290 g/mol. The summed E-state index contributed by atoms with van der Waals surface area (Å²) in [6.45, 7) is 8.75. The van der Waals surface area contributed by atoms with Gasteiger partial charge in [0, 0.05) is 0 Å². The number of methoxy groups -OCH3 is 1. The van der Waals surface area contributed by atoms with Gasteiger partial charge < -0.3 is 9.84 Å². The van der Waals surface area contributed by atoms with Crippen LogP contribution in [-0.2, 0) is 0 Å². The lowest BCUT2D eigenvalue weighted by atomic mass is 9.74. The molecule has 2 nitrogen and oxygen atoms in total. The van der Waals surface area contributed by atoms with Crippen LogP contribution in [0.4, 0.5) is 0 Å². The standard InChI is InChI=1S/C19H30O2/c1-12(2)15-6-8-16(9-7-15)19(20)17-10-14(4)18(21-5)11-13(17)3/h10-12,15-16,19-20H,6-9H2,1-5H3. The van der Waals surface area contributed by atoms with Crippen LogP contribution >= 0.6 is 0 Å². The highest BCUT2D eigenvalue weighted by Gasteiger charge is 2.29. The zero-order valence-corrected chi connectivity index (χ0v) is 14.1. The maximum absolute atomic E-state index is 10.8. The molecule has 1 unspecified atom stereocenters. The molecule has 0 saturated heterocycles. The Labute approximate surface area is 129 Å². The van der Waals surface area contributed by atoms with E-state index in [0.29, 0.717) is 5.92 Å². The molecule has 118 valence electrons. The fraction of sp³-hybridized carbons (Fsp3) is 0.684. The van der Waals surface area contributed by atoms with Gasteiger partial charge in [-0.3, -0.25) is 0 Å². The van der Waals surface area contributed by atoms with Crippen LogP contribution < -0.4 is 4.74 Å². The second kappa shape index (κ2) is 6.83. The molecule has 1 aliphatic carbocycles. The average Bonchev–Trinajstić information content (AvgIpc) is 2.48. The van der Waals surface area contributed by atoms with Crippen molar-refractivity contribution in [1.29, 1.82) is 0 Å². The largest absolute Gasteiger partial charge is 0.496 e. The van der Waals surface area contributed by atoms with Gasteiger partial charge in [-0.05, 0) is 86.1 Å². The summed E-state index contributed by atoms with van der Waals surface area (Å²) >= 11 is 0. The number of aliphatic hydroxyl groups excluding tert-OH is 1. The highest BCUT2D eigenvalue weighted by atomic mass is 16.5. The van der Waals surface area contributed by atoms with E-state index in [1.807, 2.05) is 13.0 Å². The third-order valence-electron chi connectivity index (χ3n) is 5.31. The minimum absolute atomic E-state index is 0.331. The number of aryl methyl sites for hydroxylation is 2. The van der Waals surface area contributed by atoms with Crippen molar-refractivity contribution < 1.29 is 9.84 Å².